The van der Waals surface area contributed by atoms with Crippen molar-refractivity contribution in [3.63, 3.8) is 0 Å². The zero-order chi connectivity index (χ0) is 16.3. The molecule has 116 valence electrons. The average molecular weight is 326 g/mol. The molecule has 0 saturated heterocycles. The molecular weight excluding hydrogens is 312 g/mol. The lowest BCUT2D eigenvalue weighted by Gasteiger charge is -2.19. The van der Waals surface area contributed by atoms with Crippen molar-refractivity contribution in [2.45, 2.75) is 6.54 Å². The number of ether oxygens (including phenoxy) is 1. The molecule has 0 radical (unpaired) electrons. The maximum absolute atomic E-state index is 13.7. The zero-order valence-electron chi connectivity index (χ0n) is 12.1. The predicted molar refractivity (Wildman–Crippen MR) is 80.2 cm³/mol. The minimum absolute atomic E-state index is 0.151. The van der Waals surface area contributed by atoms with Crippen LogP contribution in [0.5, 0.6) is 5.75 Å². The molecule has 2 aromatic rings. The summed E-state index contributed by atoms with van der Waals surface area (Å²) in [5.74, 6) is -1.50. The SMILES string of the molecule is COc1ccc(Cl)cc1CN(C)C(=O)c1cc(F)ccc1F. The zero-order valence-corrected chi connectivity index (χ0v) is 12.8. The summed E-state index contributed by atoms with van der Waals surface area (Å²) in [4.78, 5) is 13.5. The van der Waals surface area contributed by atoms with E-state index in [0.717, 1.165) is 18.2 Å². The van der Waals surface area contributed by atoms with Crippen LogP contribution in [0.25, 0.3) is 0 Å². The molecular formula is C16H14ClF2NO2. The Bertz CT molecular complexity index is 707. The Labute approximate surface area is 132 Å². The fraction of sp³-hybridized carbons (Fsp3) is 0.188. The van der Waals surface area contributed by atoms with E-state index in [-0.39, 0.29) is 12.1 Å². The number of methoxy groups -OCH3 is 1. The molecule has 0 bridgehead atoms. The van der Waals surface area contributed by atoms with Crippen molar-refractivity contribution in [1.29, 1.82) is 0 Å². The third-order valence-electron chi connectivity index (χ3n) is 3.16. The molecule has 0 fully saturated rings. The van der Waals surface area contributed by atoms with Crippen molar-refractivity contribution in [2.75, 3.05) is 14.2 Å². The maximum Gasteiger partial charge on any atom is 0.256 e. The van der Waals surface area contributed by atoms with E-state index in [4.69, 9.17) is 16.3 Å². The summed E-state index contributed by atoms with van der Waals surface area (Å²) < 4.78 is 32.1. The molecule has 0 N–H and O–H groups in total. The summed E-state index contributed by atoms with van der Waals surface area (Å²) in [5.41, 5.74) is 0.353. The number of hydrogen-bond acceptors (Lipinski definition) is 2. The number of rotatable bonds is 4. The molecule has 2 rings (SSSR count). The van der Waals surface area contributed by atoms with Gasteiger partial charge in [0.1, 0.15) is 17.4 Å². The summed E-state index contributed by atoms with van der Waals surface area (Å²) in [6, 6.07) is 7.77. The van der Waals surface area contributed by atoms with Crippen LogP contribution in [0, 0.1) is 11.6 Å². The van der Waals surface area contributed by atoms with E-state index in [2.05, 4.69) is 0 Å². The van der Waals surface area contributed by atoms with Crippen LogP contribution in [0.4, 0.5) is 8.78 Å². The fourth-order valence-electron chi connectivity index (χ4n) is 2.07. The van der Waals surface area contributed by atoms with Gasteiger partial charge in [0.2, 0.25) is 0 Å². The van der Waals surface area contributed by atoms with Gasteiger partial charge in [0.25, 0.3) is 5.91 Å². The smallest absolute Gasteiger partial charge is 0.256 e. The van der Waals surface area contributed by atoms with Gasteiger partial charge in [-0.25, -0.2) is 8.78 Å². The second-order valence-electron chi connectivity index (χ2n) is 4.74. The Kier molecular flexibility index (Phi) is 4.98. The highest BCUT2D eigenvalue weighted by Crippen LogP contribution is 2.24. The van der Waals surface area contributed by atoms with Gasteiger partial charge >= 0.3 is 0 Å². The molecule has 6 heteroatoms. The average Bonchev–Trinajstić information content (AvgIpc) is 2.49. The van der Waals surface area contributed by atoms with Crippen LogP contribution in [-0.2, 0) is 6.54 Å². The van der Waals surface area contributed by atoms with Crippen LogP contribution < -0.4 is 4.74 Å². The van der Waals surface area contributed by atoms with Crippen LogP contribution in [0.1, 0.15) is 15.9 Å². The van der Waals surface area contributed by atoms with Gasteiger partial charge in [-0.2, -0.15) is 0 Å². The normalized spacial score (nSPS) is 10.4. The number of carbonyl (C=O) groups excluding carboxylic acids is 1. The Morgan fingerprint density at radius 3 is 2.64 bits per heavy atom. The summed E-state index contributed by atoms with van der Waals surface area (Å²) >= 11 is 5.93. The quantitative estimate of drug-likeness (QED) is 0.853. The van der Waals surface area contributed by atoms with Gasteiger partial charge in [0, 0.05) is 24.2 Å². The summed E-state index contributed by atoms with van der Waals surface area (Å²) in [6.07, 6.45) is 0. The lowest BCUT2D eigenvalue weighted by atomic mass is 10.1. The molecule has 0 spiro atoms. The van der Waals surface area contributed by atoms with E-state index in [9.17, 15) is 13.6 Å². The van der Waals surface area contributed by atoms with Crippen molar-refractivity contribution in [3.05, 3.63) is 64.2 Å². The van der Waals surface area contributed by atoms with Gasteiger partial charge in [0.15, 0.2) is 0 Å². The van der Waals surface area contributed by atoms with E-state index < -0.39 is 17.5 Å². The van der Waals surface area contributed by atoms with Gasteiger partial charge in [-0.1, -0.05) is 11.6 Å². The van der Waals surface area contributed by atoms with Crippen molar-refractivity contribution in [1.82, 2.24) is 4.90 Å². The third-order valence-corrected chi connectivity index (χ3v) is 3.39. The summed E-state index contributed by atoms with van der Waals surface area (Å²) in [6.45, 7) is 0.151. The van der Waals surface area contributed by atoms with Crippen LogP contribution in [0.2, 0.25) is 5.02 Å². The Morgan fingerprint density at radius 2 is 1.95 bits per heavy atom. The second-order valence-corrected chi connectivity index (χ2v) is 5.18. The molecule has 0 aliphatic rings. The lowest BCUT2D eigenvalue weighted by molar-refractivity contribution is 0.0779. The maximum atomic E-state index is 13.7. The van der Waals surface area contributed by atoms with Crippen molar-refractivity contribution in [3.8, 4) is 5.75 Å². The number of carbonyl (C=O) groups is 1. The largest absolute Gasteiger partial charge is 0.496 e. The van der Waals surface area contributed by atoms with Crippen LogP contribution in [-0.4, -0.2) is 25.0 Å². The van der Waals surface area contributed by atoms with E-state index in [1.54, 1.807) is 18.2 Å². The van der Waals surface area contributed by atoms with E-state index in [0.29, 0.717) is 16.3 Å². The predicted octanol–water partition coefficient (Wildman–Crippen LogP) is 3.90. The van der Waals surface area contributed by atoms with E-state index >= 15 is 0 Å². The van der Waals surface area contributed by atoms with Gasteiger partial charge in [-0.3, -0.25) is 4.79 Å². The minimum Gasteiger partial charge on any atom is -0.496 e. The van der Waals surface area contributed by atoms with Crippen molar-refractivity contribution < 1.29 is 18.3 Å². The molecule has 1 amide bonds. The van der Waals surface area contributed by atoms with Gasteiger partial charge in [0.05, 0.1) is 12.7 Å². The third kappa shape index (κ3) is 3.54. The Morgan fingerprint density at radius 1 is 1.23 bits per heavy atom. The van der Waals surface area contributed by atoms with Crippen LogP contribution >= 0.6 is 11.6 Å². The molecule has 0 atom stereocenters. The first-order chi connectivity index (χ1) is 10.4. The minimum atomic E-state index is -0.767. The van der Waals surface area contributed by atoms with Crippen LogP contribution in [0.3, 0.4) is 0 Å². The van der Waals surface area contributed by atoms with E-state index in [1.165, 1.54) is 19.1 Å². The first-order valence-corrected chi connectivity index (χ1v) is 6.83. The summed E-state index contributed by atoms with van der Waals surface area (Å²) in [5, 5.41) is 0.494. The monoisotopic (exact) mass is 325 g/mol. The molecule has 2 aromatic carbocycles. The Balaban J connectivity index is 2.25. The molecule has 0 aromatic heterocycles. The molecule has 0 unspecified atom stereocenters. The highest BCUT2D eigenvalue weighted by molar-refractivity contribution is 6.30. The fourth-order valence-corrected chi connectivity index (χ4v) is 2.26. The standard InChI is InChI=1S/C16H14ClF2NO2/c1-20(9-10-7-11(17)3-6-15(10)22-2)16(21)13-8-12(18)4-5-14(13)19/h3-8H,9H2,1-2H3. The molecule has 0 heterocycles. The molecule has 0 aliphatic heterocycles. The number of amides is 1. The number of nitrogens with zero attached hydrogens (tertiary/aromatic N) is 1. The first-order valence-electron chi connectivity index (χ1n) is 6.45. The highest BCUT2D eigenvalue weighted by Gasteiger charge is 2.18. The molecule has 0 saturated carbocycles. The Hall–Kier alpha value is -2.14. The number of benzene rings is 2. The molecule has 0 aliphatic carbocycles. The number of halogens is 3. The van der Waals surface area contributed by atoms with Gasteiger partial charge < -0.3 is 9.64 Å². The molecule has 3 nitrogen and oxygen atoms in total. The second kappa shape index (κ2) is 6.75. The highest BCUT2D eigenvalue weighted by atomic mass is 35.5. The topological polar surface area (TPSA) is 29.5 Å². The van der Waals surface area contributed by atoms with Gasteiger partial charge in [-0.15, -0.1) is 0 Å². The van der Waals surface area contributed by atoms with Gasteiger partial charge in [-0.05, 0) is 36.4 Å². The summed E-state index contributed by atoms with van der Waals surface area (Å²) in [7, 11) is 2.99. The lowest BCUT2D eigenvalue weighted by Crippen LogP contribution is -2.27. The molecule has 22 heavy (non-hydrogen) atoms. The van der Waals surface area contributed by atoms with Crippen molar-refractivity contribution in [2.24, 2.45) is 0 Å². The number of hydrogen-bond donors (Lipinski definition) is 0. The van der Waals surface area contributed by atoms with E-state index in [1.807, 2.05) is 0 Å². The van der Waals surface area contributed by atoms with Crippen LogP contribution in [0.15, 0.2) is 36.4 Å². The van der Waals surface area contributed by atoms with Crippen molar-refractivity contribution >= 4 is 17.5 Å². The first kappa shape index (κ1) is 16.2.